The summed E-state index contributed by atoms with van der Waals surface area (Å²) in [6.45, 7) is 5.25. The number of rotatable bonds is 6. The Kier molecular flexibility index (Phi) is 6.03. The lowest BCUT2D eigenvalue weighted by atomic mass is 9.84. The van der Waals surface area contributed by atoms with Gasteiger partial charge in [-0.25, -0.2) is 0 Å². The average Bonchev–Trinajstić information content (AvgIpc) is 2.50. The molecule has 1 atom stereocenters. The maximum Gasteiger partial charge on any atom is 0.161 e. The molecular weight excluding hydrogens is 272 g/mol. The van der Waals surface area contributed by atoms with E-state index < -0.39 is 0 Å². The van der Waals surface area contributed by atoms with Crippen LogP contribution in [-0.4, -0.2) is 13.2 Å². The minimum atomic E-state index is 0.0881. The molecule has 0 saturated heterocycles. The number of hydrogen-bond donors (Lipinski definition) is 0. The van der Waals surface area contributed by atoms with Gasteiger partial charge in [0.05, 0.1) is 18.6 Å². The lowest BCUT2D eigenvalue weighted by Gasteiger charge is -2.26. The summed E-state index contributed by atoms with van der Waals surface area (Å²) in [4.78, 5) is 0. The van der Waals surface area contributed by atoms with Crippen LogP contribution in [0.1, 0.15) is 56.9 Å². The highest BCUT2D eigenvalue weighted by Gasteiger charge is 2.24. The largest absolute Gasteiger partial charge is 0.490 e. The van der Waals surface area contributed by atoms with Crippen molar-refractivity contribution >= 4 is 11.6 Å². The van der Waals surface area contributed by atoms with E-state index in [9.17, 15) is 0 Å². The third-order valence-corrected chi connectivity index (χ3v) is 4.56. The van der Waals surface area contributed by atoms with Gasteiger partial charge in [0.2, 0.25) is 0 Å². The molecular formula is C17H25ClO2. The van der Waals surface area contributed by atoms with Crippen LogP contribution in [0.5, 0.6) is 11.5 Å². The zero-order valence-electron chi connectivity index (χ0n) is 12.5. The van der Waals surface area contributed by atoms with Crippen LogP contribution in [0.4, 0.5) is 0 Å². The maximum atomic E-state index is 6.69. The minimum Gasteiger partial charge on any atom is -0.490 e. The monoisotopic (exact) mass is 296 g/mol. The smallest absolute Gasteiger partial charge is 0.161 e. The number of ether oxygens (including phenoxy) is 2. The van der Waals surface area contributed by atoms with Crippen LogP contribution in [-0.2, 0) is 0 Å². The molecule has 0 aromatic heterocycles. The van der Waals surface area contributed by atoms with Gasteiger partial charge in [-0.15, -0.1) is 11.6 Å². The second-order valence-electron chi connectivity index (χ2n) is 5.37. The Morgan fingerprint density at radius 1 is 1.05 bits per heavy atom. The second kappa shape index (κ2) is 7.78. The van der Waals surface area contributed by atoms with Gasteiger partial charge in [-0.1, -0.05) is 25.3 Å². The van der Waals surface area contributed by atoms with Crippen LogP contribution in [0.2, 0.25) is 0 Å². The minimum absolute atomic E-state index is 0.0881. The highest BCUT2D eigenvalue weighted by molar-refractivity contribution is 6.21. The molecule has 1 aliphatic rings. The molecule has 2 nitrogen and oxygen atoms in total. The number of benzene rings is 1. The summed E-state index contributed by atoms with van der Waals surface area (Å²) in [5.41, 5.74) is 1.16. The summed E-state index contributed by atoms with van der Waals surface area (Å²) in [6.07, 6.45) is 6.46. The first-order valence-corrected chi connectivity index (χ1v) is 8.23. The zero-order chi connectivity index (χ0) is 14.4. The van der Waals surface area contributed by atoms with Crippen molar-refractivity contribution in [3.8, 4) is 11.5 Å². The first-order valence-electron chi connectivity index (χ1n) is 7.79. The molecule has 1 aliphatic carbocycles. The van der Waals surface area contributed by atoms with Crippen molar-refractivity contribution in [3.05, 3.63) is 23.8 Å². The third-order valence-electron chi connectivity index (χ3n) is 3.95. The summed E-state index contributed by atoms with van der Waals surface area (Å²) in [6, 6.07) is 6.13. The average molecular weight is 297 g/mol. The first-order chi connectivity index (χ1) is 9.76. The fraction of sp³-hybridized carbons (Fsp3) is 0.647. The van der Waals surface area contributed by atoms with Crippen LogP contribution in [0.3, 0.4) is 0 Å². The van der Waals surface area contributed by atoms with Gasteiger partial charge in [-0.2, -0.15) is 0 Å². The van der Waals surface area contributed by atoms with Gasteiger partial charge in [0.25, 0.3) is 0 Å². The SMILES string of the molecule is CCOc1ccc(C(Cl)C2CCCCC2)cc1OCC. The van der Waals surface area contributed by atoms with Gasteiger partial charge in [0, 0.05) is 0 Å². The molecule has 1 fully saturated rings. The number of hydrogen-bond acceptors (Lipinski definition) is 2. The maximum absolute atomic E-state index is 6.69. The fourth-order valence-electron chi connectivity index (χ4n) is 2.94. The molecule has 0 amide bonds. The van der Waals surface area contributed by atoms with E-state index in [1.54, 1.807) is 0 Å². The Balaban J connectivity index is 2.16. The van der Waals surface area contributed by atoms with E-state index in [4.69, 9.17) is 21.1 Å². The van der Waals surface area contributed by atoms with Gasteiger partial charge >= 0.3 is 0 Å². The third kappa shape index (κ3) is 3.82. The van der Waals surface area contributed by atoms with Crippen LogP contribution >= 0.6 is 11.6 Å². The molecule has 0 bridgehead atoms. The lowest BCUT2D eigenvalue weighted by Crippen LogP contribution is -2.12. The van der Waals surface area contributed by atoms with E-state index in [2.05, 4.69) is 12.1 Å². The number of alkyl halides is 1. The highest BCUT2D eigenvalue weighted by Crippen LogP contribution is 2.41. The van der Waals surface area contributed by atoms with E-state index in [-0.39, 0.29) is 5.38 Å². The summed E-state index contributed by atoms with van der Waals surface area (Å²) in [7, 11) is 0. The molecule has 0 aliphatic heterocycles. The summed E-state index contributed by atoms with van der Waals surface area (Å²) >= 11 is 6.69. The Bertz CT molecular complexity index is 413. The Morgan fingerprint density at radius 3 is 2.35 bits per heavy atom. The van der Waals surface area contributed by atoms with Crippen LogP contribution in [0.15, 0.2) is 18.2 Å². The Labute approximate surface area is 127 Å². The topological polar surface area (TPSA) is 18.5 Å². The molecule has 0 radical (unpaired) electrons. The van der Waals surface area contributed by atoms with Crippen molar-refractivity contribution in [2.45, 2.75) is 51.3 Å². The van der Waals surface area contributed by atoms with Crippen LogP contribution < -0.4 is 9.47 Å². The molecule has 1 aromatic rings. The predicted octanol–water partition coefficient (Wildman–Crippen LogP) is 5.34. The first kappa shape index (κ1) is 15.5. The van der Waals surface area contributed by atoms with Crippen molar-refractivity contribution in [3.63, 3.8) is 0 Å². The summed E-state index contributed by atoms with van der Waals surface area (Å²) < 4.78 is 11.3. The molecule has 3 heteroatoms. The molecule has 20 heavy (non-hydrogen) atoms. The highest BCUT2D eigenvalue weighted by atomic mass is 35.5. The quantitative estimate of drug-likeness (QED) is 0.659. The van der Waals surface area contributed by atoms with Crippen molar-refractivity contribution < 1.29 is 9.47 Å². The summed E-state index contributed by atoms with van der Waals surface area (Å²) in [5, 5.41) is 0.0881. The zero-order valence-corrected chi connectivity index (χ0v) is 13.3. The van der Waals surface area contributed by atoms with Crippen molar-refractivity contribution in [2.24, 2.45) is 5.92 Å². The van der Waals surface area contributed by atoms with E-state index in [0.717, 1.165) is 17.1 Å². The molecule has 1 unspecified atom stereocenters. The van der Waals surface area contributed by atoms with E-state index >= 15 is 0 Å². The standard InChI is InChI=1S/C17H25ClO2/c1-3-19-15-11-10-14(12-16(15)20-4-2)17(18)13-8-6-5-7-9-13/h10-13,17H,3-9H2,1-2H3. The van der Waals surface area contributed by atoms with E-state index in [1.165, 1.54) is 32.1 Å². The molecule has 0 spiro atoms. The second-order valence-corrected chi connectivity index (χ2v) is 5.84. The Hall–Kier alpha value is -0.890. The molecule has 2 rings (SSSR count). The van der Waals surface area contributed by atoms with Crippen molar-refractivity contribution in [1.29, 1.82) is 0 Å². The molecule has 112 valence electrons. The van der Waals surface area contributed by atoms with Crippen molar-refractivity contribution in [1.82, 2.24) is 0 Å². The van der Waals surface area contributed by atoms with Gasteiger partial charge in [-0.3, -0.25) is 0 Å². The molecule has 0 N–H and O–H groups in total. The Morgan fingerprint density at radius 2 is 1.70 bits per heavy atom. The molecule has 0 heterocycles. The van der Waals surface area contributed by atoms with Crippen LogP contribution in [0, 0.1) is 5.92 Å². The summed E-state index contributed by atoms with van der Waals surface area (Å²) in [5.74, 6) is 2.22. The van der Waals surface area contributed by atoms with E-state index in [0.29, 0.717) is 19.1 Å². The molecule has 1 aromatic carbocycles. The fourth-order valence-corrected chi connectivity index (χ4v) is 3.33. The predicted molar refractivity (Wildman–Crippen MR) is 83.9 cm³/mol. The van der Waals surface area contributed by atoms with Gasteiger partial charge in [-0.05, 0) is 50.3 Å². The van der Waals surface area contributed by atoms with Gasteiger partial charge in [0.1, 0.15) is 0 Å². The lowest BCUT2D eigenvalue weighted by molar-refractivity contribution is 0.286. The molecule has 1 saturated carbocycles. The van der Waals surface area contributed by atoms with Crippen LogP contribution in [0.25, 0.3) is 0 Å². The van der Waals surface area contributed by atoms with Gasteiger partial charge in [0.15, 0.2) is 11.5 Å². The normalized spacial score (nSPS) is 17.8. The van der Waals surface area contributed by atoms with Crippen molar-refractivity contribution in [2.75, 3.05) is 13.2 Å². The van der Waals surface area contributed by atoms with E-state index in [1.807, 2.05) is 19.9 Å². The van der Waals surface area contributed by atoms with Gasteiger partial charge < -0.3 is 9.47 Å². The number of halogens is 1.